The van der Waals surface area contributed by atoms with Gasteiger partial charge in [-0.2, -0.15) is 0 Å². The van der Waals surface area contributed by atoms with E-state index in [-0.39, 0.29) is 29.0 Å². The zero-order valence-corrected chi connectivity index (χ0v) is 16.9. The van der Waals surface area contributed by atoms with E-state index >= 15 is 0 Å². The van der Waals surface area contributed by atoms with Crippen molar-refractivity contribution in [1.29, 1.82) is 0 Å². The van der Waals surface area contributed by atoms with E-state index in [2.05, 4.69) is 10.6 Å². The van der Waals surface area contributed by atoms with E-state index in [1.54, 1.807) is 64.1 Å². The number of carbonyl (C=O) groups is 3. The van der Waals surface area contributed by atoms with Crippen LogP contribution in [0.3, 0.4) is 0 Å². The normalized spacial score (nSPS) is 11.6. The van der Waals surface area contributed by atoms with Crippen molar-refractivity contribution in [3.63, 3.8) is 0 Å². The number of aromatic hydroxyl groups is 1. The molecule has 0 bridgehead atoms. The fourth-order valence-electron chi connectivity index (χ4n) is 3.24. The molecule has 29 heavy (non-hydrogen) atoms. The third-order valence-corrected chi connectivity index (χ3v) is 4.48. The summed E-state index contributed by atoms with van der Waals surface area (Å²) in [6.07, 6.45) is 0.216. The van der Waals surface area contributed by atoms with Crippen molar-refractivity contribution < 1.29 is 24.6 Å². The van der Waals surface area contributed by atoms with Crippen molar-refractivity contribution in [1.82, 2.24) is 5.32 Å². The van der Waals surface area contributed by atoms with Gasteiger partial charge >= 0.3 is 5.97 Å². The monoisotopic (exact) mass is 398 g/mol. The van der Waals surface area contributed by atoms with Crippen LogP contribution in [0.25, 0.3) is 0 Å². The van der Waals surface area contributed by atoms with E-state index in [4.69, 9.17) is 0 Å². The fourth-order valence-corrected chi connectivity index (χ4v) is 3.24. The molecule has 0 radical (unpaired) electrons. The van der Waals surface area contributed by atoms with Crippen LogP contribution >= 0.6 is 0 Å². The van der Waals surface area contributed by atoms with Gasteiger partial charge in [0.05, 0.1) is 22.2 Å². The molecule has 7 heteroatoms. The van der Waals surface area contributed by atoms with Gasteiger partial charge in [0, 0.05) is 5.54 Å². The van der Waals surface area contributed by atoms with Crippen molar-refractivity contribution >= 4 is 23.5 Å². The van der Waals surface area contributed by atoms with Crippen LogP contribution in [0.15, 0.2) is 48.5 Å². The summed E-state index contributed by atoms with van der Waals surface area (Å²) in [6.45, 7) is 6.70. The summed E-state index contributed by atoms with van der Waals surface area (Å²) in [5.41, 5.74) is -1.21. The van der Waals surface area contributed by atoms with E-state index < -0.39 is 28.7 Å². The second kappa shape index (κ2) is 8.34. The molecule has 7 nitrogen and oxygen atoms in total. The minimum atomic E-state index is -1.02. The number of carboxylic acid groups (broad SMARTS) is 1. The van der Waals surface area contributed by atoms with Crippen LogP contribution in [0.5, 0.6) is 5.75 Å². The summed E-state index contributed by atoms with van der Waals surface area (Å²) >= 11 is 0. The topological polar surface area (TPSA) is 116 Å². The van der Waals surface area contributed by atoms with Crippen LogP contribution < -0.4 is 10.6 Å². The lowest BCUT2D eigenvalue weighted by Crippen LogP contribution is -2.47. The number of amides is 2. The van der Waals surface area contributed by atoms with Crippen LogP contribution in [0.4, 0.5) is 5.69 Å². The Morgan fingerprint density at radius 2 is 1.41 bits per heavy atom. The Bertz CT molecular complexity index is 934. The van der Waals surface area contributed by atoms with E-state index in [0.717, 1.165) is 0 Å². The number of nitrogens with one attached hydrogen (secondary N) is 2. The Balaban J connectivity index is 2.21. The van der Waals surface area contributed by atoms with Gasteiger partial charge in [-0.05, 0) is 58.4 Å². The third kappa shape index (κ3) is 5.57. The van der Waals surface area contributed by atoms with Gasteiger partial charge in [0.15, 0.2) is 0 Å². The summed E-state index contributed by atoms with van der Waals surface area (Å²) in [6, 6.07) is 12.6. The van der Waals surface area contributed by atoms with E-state index in [1.807, 2.05) is 0 Å². The van der Waals surface area contributed by atoms with Gasteiger partial charge in [0.2, 0.25) is 0 Å². The molecule has 0 aliphatic carbocycles. The number of anilines is 1. The van der Waals surface area contributed by atoms with Gasteiger partial charge in [-0.1, -0.05) is 24.3 Å². The maximum absolute atomic E-state index is 12.9. The minimum absolute atomic E-state index is 0.0891. The van der Waals surface area contributed by atoms with Crippen LogP contribution in [0, 0.1) is 5.41 Å². The third-order valence-electron chi connectivity index (χ3n) is 4.48. The van der Waals surface area contributed by atoms with Crippen molar-refractivity contribution in [3.05, 3.63) is 59.7 Å². The van der Waals surface area contributed by atoms with Gasteiger partial charge in [0.25, 0.3) is 11.8 Å². The number of phenols is 1. The number of aliphatic carboxylic acids is 1. The van der Waals surface area contributed by atoms with Gasteiger partial charge < -0.3 is 20.8 Å². The molecule has 0 aliphatic heterocycles. The lowest BCUT2D eigenvalue weighted by atomic mass is 9.80. The lowest BCUT2D eigenvalue weighted by Gasteiger charge is -2.33. The zero-order valence-electron chi connectivity index (χ0n) is 16.9. The number of hydrogen-bond acceptors (Lipinski definition) is 4. The fraction of sp³-hybridized carbons (Fsp3) is 0.318. The Morgan fingerprint density at radius 1 is 0.862 bits per heavy atom. The highest BCUT2D eigenvalue weighted by molar-refractivity contribution is 6.10. The molecule has 2 amide bonds. The van der Waals surface area contributed by atoms with E-state index in [0.29, 0.717) is 0 Å². The molecule has 4 N–H and O–H groups in total. The minimum Gasteiger partial charge on any atom is -0.507 e. The second-order valence-electron chi connectivity index (χ2n) is 8.22. The second-order valence-corrected chi connectivity index (χ2v) is 8.22. The number of para-hydroxylation sites is 2. The maximum Gasteiger partial charge on any atom is 0.309 e. The van der Waals surface area contributed by atoms with E-state index in [9.17, 15) is 24.6 Å². The molecule has 2 aromatic rings. The van der Waals surface area contributed by atoms with Gasteiger partial charge in [-0.15, -0.1) is 0 Å². The SMILES string of the molecule is CC(C)(CC(C)(C)C(=O)O)NC(=O)c1ccccc1NC(=O)c1ccccc1O. The number of hydrogen-bond donors (Lipinski definition) is 4. The predicted octanol–water partition coefficient (Wildman–Crippen LogP) is 3.65. The highest BCUT2D eigenvalue weighted by atomic mass is 16.4. The first-order valence-corrected chi connectivity index (χ1v) is 9.17. The van der Waals surface area contributed by atoms with Crippen LogP contribution in [0.2, 0.25) is 0 Å². The molecule has 0 saturated carbocycles. The number of carboxylic acids is 1. The highest BCUT2D eigenvalue weighted by Crippen LogP contribution is 2.29. The number of benzene rings is 2. The summed E-state index contributed by atoms with van der Waals surface area (Å²) in [5.74, 6) is -2.10. The van der Waals surface area contributed by atoms with Crippen molar-refractivity contribution in [2.75, 3.05) is 5.32 Å². The maximum atomic E-state index is 12.9. The highest BCUT2D eigenvalue weighted by Gasteiger charge is 2.35. The predicted molar refractivity (Wildman–Crippen MR) is 110 cm³/mol. The van der Waals surface area contributed by atoms with Gasteiger partial charge in [0.1, 0.15) is 5.75 Å². The Morgan fingerprint density at radius 3 is 2.00 bits per heavy atom. The molecular formula is C22H26N2O5. The van der Waals surface area contributed by atoms with Crippen molar-refractivity contribution in [2.45, 2.75) is 39.7 Å². The molecule has 0 unspecified atom stereocenters. The Hall–Kier alpha value is -3.35. The molecule has 0 saturated heterocycles. The van der Waals surface area contributed by atoms with Gasteiger partial charge in [-0.3, -0.25) is 14.4 Å². The molecule has 0 heterocycles. The Kier molecular flexibility index (Phi) is 6.31. The molecule has 0 atom stereocenters. The number of carbonyl (C=O) groups excluding carboxylic acids is 2. The first-order chi connectivity index (χ1) is 13.4. The van der Waals surface area contributed by atoms with Crippen molar-refractivity contribution in [2.24, 2.45) is 5.41 Å². The number of phenolic OH excluding ortho intramolecular Hbond substituents is 1. The molecular weight excluding hydrogens is 372 g/mol. The molecule has 0 spiro atoms. The average Bonchev–Trinajstić information content (AvgIpc) is 2.60. The molecule has 2 rings (SSSR count). The quantitative estimate of drug-likeness (QED) is 0.568. The summed E-state index contributed by atoms with van der Waals surface area (Å²) in [4.78, 5) is 36.8. The van der Waals surface area contributed by atoms with E-state index in [1.165, 1.54) is 12.1 Å². The first-order valence-electron chi connectivity index (χ1n) is 9.17. The Labute approximate surface area is 169 Å². The van der Waals surface area contributed by atoms with Crippen molar-refractivity contribution in [3.8, 4) is 5.75 Å². The summed E-state index contributed by atoms with van der Waals surface area (Å²) in [7, 11) is 0. The smallest absolute Gasteiger partial charge is 0.309 e. The van der Waals surface area contributed by atoms with Crippen LogP contribution in [-0.4, -0.2) is 33.5 Å². The molecule has 154 valence electrons. The molecule has 0 fully saturated rings. The number of rotatable bonds is 7. The zero-order chi connectivity index (χ0) is 21.8. The van der Waals surface area contributed by atoms with Crippen LogP contribution in [-0.2, 0) is 4.79 Å². The first kappa shape index (κ1) is 21.9. The molecule has 0 aromatic heterocycles. The largest absolute Gasteiger partial charge is 0.507 e. The summed E-state index contributed by atoms with van der Waals surface area (Å²) < 4.78 is 0. The van der Waals surface area contributed by atoms with Gasteiger partial charge in [-0.25, -0.2) is 0 Å². The lowest BCUT2D eigenvalue weighted by molar-refractivity contribution is -0.148. The summed E-state index contributed by atoms with van der Waals surface area (Å²) in [5, 5.41) is 24.7. The molecule has 2 aromatic carbocycles. The average molecular weight is 398 g/mol. The molecule has 0 aliphatic rings. The van der Waals surface area contributed by atoms with Crippen LogP contribution in [0.1, 0.15) is 54.8 Å². The standard InChI is InChI=1S/C22H26N2O5/c1-21(2,20(28)29)13-22(3,4)24-19(27)14-9-5-7-11-16(14)23-18(26)15-10-6-8-12-17(15)25/h5-12,25H,13H2,1-4H3,(H,23,26)(H,24,27)(H,28,29).